The number of aromatic nitrogens is 2. The second-order valence-electron chi connectivity index (χ2n) is 9.26. The Hall–Kier alpha value is -3.88. The predicted octanol–water partition coefficient (Wildman–Crippen LogP) is 3.86. The maximum Gasteiger partial charge on any atom is 0.238 e. The third-order valence-corrected chi connectivity index (χ3v) is 6.80. The topological polar surface area (TPSA) is 71.9 Å². The fraction of sp³-hybridized carbons (Fsp3) is 0.310. The molecule has 1 aromatic heterocycles. The van der Waals surface area contributed by atoms with Crippen LogP contribution in [-0.2, 0) is 17.9 Å². The first kappa shape index (κ1) is 24.8. The number of benzene rings is 3. The number of hydrogen-bond acceptors (Lipinski definition) is 6. The van der Waals surface area contributed by atoms with Gasteiger partial charge in [0.1, 0.15) is 17.3 Å². The van der Waals surface area contributed by atoms with E-state index in [2.05, 4.69) is 62.1 Å². The summed E-state index contributed by atoms with van der Waals surface area (Å²) >= 11 is 0. The van der Waals surface area contributed by atoms with Gasteiger partial charge in [-0.15, -0.1) is 0 Å². The second kappa shape index (κ2) is 11.5. The molecule has 1 N–H and O–H groups in total. The van der Waals surface area contributed by atoms with E-state index in [4.69, 9.17) is 14.5 Å². The SMILES string of the molecule is COc1ccc(NC(=O)CN2CCN(Cc3nc4ccccc4n3Cc3ccccc3)CC2)c(OC)c1. The van der Waals surface area contributed by atoms with Gasteiger partial charge in [-0.3, -0.25) is 14.6 Å². The summed E-state index contributed by atoms with van der Waals surface area (Å²) in [6.07, 6.45) is 0. The first-order chi connectivity index (χ1) is 18.1. The Morgan fingerprint density at radius 1 is 0.865 bits per heavy atom. The van der Waals surface area contributed by atoms with Crippen LogP contribution in [0.15, 0.2) is 72.8 Å². The molecule has 37 heavy (non-hydrogen) atoms. The highest BCUT2D eigenvalue weighted by molar-refractivity contribution is 5.93. The minimum Gasteiger partial charge on any atom is -0.497 e. The Labute approximate surface area is 217 Å². The number of hydrogen-bond donors (Lipinski definition) is 1. The van der Waals surface area contributed by atoms with Crippen molar-refractivity contribution in [2.24, 2.45) is 0 Å². The summed E-state index contributed by atoms with van der Waals surface area (Å²) in [6.45, 7) is 5.34. The lowest BCUT2D eigenvalue weighted by Gasteiger charge is -2.34. The molecule has 3 aromatic carbocycles. The van der Waals surface area contributed by atoms with Crippen molar-refractivity contribution >= 4 is 22.6 Å². The molecule has 0 bridgehead atoms. The number of carbonyl (C=O) groups is 1. The van der Waals surface area contributed by atoms with Crippen LogP contribution < -0.4 is 14.8 Å². The molecule has 5 rings (SSSR count). The number of anilines is 1. The molecule has 1 fully saturated rings. The highest BCUT2D eigenvalue weighted by Crippen LogP contribution is 2.29. The number of piperazine rings is 1. The molecule has 192 valence electrons. The molecule has 1 saturated heterocycles. The van der Waals surface area contributed by atoms with Crippen LogP contribution in [0.3, 0.4) is 0 Å². The predicted molar refractivity (Wildman–Crippen MR) is 145 cm³/mol. The van der Waals surface area contributed by atoms with E-state index in [1.54, 1.807) is 26.4 Å². The van der Waals surface area contributed by atoms with Crippen LogP contribution in [0.2, 0.25) is 0 Å². The van der Waals surface area contributed by atoms with Gasteiger partial charge in [0, 0.05) is 38.8 Å². The van der Waals surface area contributed by atoms with Crippen LogP contribution in [0.4, 0.5) is 5.69 Å². The molecule has 1 aliphatic rings. The molecule has 0 saturated carbocycles. The van der Waals surface area contributed by atoms with Crippen molar-refractivity contribution in [3.05, 3.63) is 84.2 Å². The van der Waals surface area contributed by atoms with Gasteiger partial charge in [0.05, 0.1) is 44.0 Å². The summed E-state index contributed by atoms with van der Waals surface area (Å²) < 4.78 is 13.0. The van der Waals surface area contributed by atoms with Gasteiger partial charge in [-0.25, -0.2) is 4.98 Å². The lowest BCUT2D eigenvalue weighted by atomic mass is 10.2. The lowest BCUT2D eigenvalue weighted by Crippen LogP contribution is -2.48. The van der Waals surface area contributed by atoms with E-state index in [1.807, 2.05) is 18.2 Å². The zero-order valence-electron chi connectivity index (χ0n) is 21.4. The van der Waals surface area contributed by atoms with Crippen LogP contribution in [-0.4, -0.2) is 72.2 Å². The molecule has 0 unspecified atom stereocenters. The Morgan fingerprint density at radius 3 is 2.35 bits per heavy atom. The van der Waals surface area contributed by atoms with Gasteiger partial charge < -0.3 is 19.4 Å². The van der Waals surface area contributed by atoms with E-state index >= 15 is 0 Å². The summed E-state index contributed by atoms with van der Waals surface area (Å²) in [7, 11) is 3.18. The molecule has 8 heteroatoms. The van der Waals surface area contributed by atoms with Gasteiger partial charge in [0.15, 0.2) is 0 Å². The number of amides is 1. The Kier molecular flexibility index (Phi) is 7.67. The summed E-state index contributed by atoms with van der Waals surface area (Å²) in [5.74, 6) is 2.28. The van der Waals surface area contributed by atoms with Crippen molar-refractivity contribution in [3.8, 4) is 11.5 Å². The highest BCUT2D eigenvalue weighted by Gasteiger charge is 2.22. The standard InChI is InChI=1S/C29H33N5O3/c1-36-23-12-13-25(27(18-23)37-2)31-29(35)21-33-16-14-32(15-17-33)20-28-30-24-10-6-7-11-26(24)34(28)19-22-8-4-3-5-9-22/h3-13,18H,14-17,19-21H2,1-2H3,(H,31,35). The first-order valence-corrected chi connectivity index (χ1v) is 12.6. The molecule has 8 nitrogen and oxygen atoms in total. The van der Waals surface area contributed by atoms with Crippen LogP contribution in [0, 0.1) is 0 Å². The molecule has 0 radical (unpaired) electrons. The average molecular weight is 500 g/mol. The molecule has 0 spiro atoms. The van der Waals surface area contributed by atoms with Crippen molar-refractivity contribution in [3.63, 3.8) is 0 Å². The second-order valence-corrected chi connectivity index (χ2v) is 9.26. The van der Waals surface area contributed by atoms with Gasteiger partial charge in [0.25, 0.3) is 0 Å². The monoisotopic (exact) mass is 499 g/mol. The maximum absolute atomic E-state index is 12.7. The lowest BCUT2D eigenvalue weighted by molar-refractivity contribution is -0.117. The quantitative estimate of drug-likeness (QED) is 0.377. The smallest absolute Gasteiger partial charge is 0.238 e. The number of nitrogens with one attached hydrogen (secondary N) is 1. The highest BCUT2D eigenvalue weighted by atomic mass is 16.5. The third kappa shape index (κ3) is 5.93. The normalized spacial score (nSPS) is 14.5. The number of nitrogens with zero attached hydrogens (tertiary/aromatic N) is 4. The summed E-state index contributed by atoms with van der Waals surface area (Å²) in [5, 5.41) is 2.97. The van der Waals surface area contributed by atoms with Crippen LogP contribution in [0.25, 0.3) is 11.0 Å². The molecule has 0 atom stereocenters. The van der Waals surface area contributed by atoms with E-state index in [0.29, 0.717) is 23.7 Å². The third-order valence-electron chi connectivity index (χ3n) is 6.80. The van der Waals surface area contributed by atoms with E-state index in [0.717, 1.165) is 56.1 Å². The molecular formula is C29H33N5O3. The largest absolute Gasteiger partial charge is 0.497 e. The van der Waals surface area contributed by atoms with Gasteiger partial charge >= 0.3 is 0 Å². The molecule has 4 aromatic rings. The van der Waals surface area contributed by atoms with E-state index in [1.165, 1.54) is 5.56 Å². The molecule has 2 heterocycles. The van der Waals surface area contributed by atoms with Crippen molar-refractivity contribution in [1.29, 1.82) is 0 Å². The summed E-state index contributed by atoms with van der Waals surface area (Å²) in [4.78, 5) is 22.3. The Bertz CT molecular complexity index is 1350. The van der Waals surface area contributed by atoms with Gasteiger partial charge in [-0.2, -0.15) is 0 Å². The fourth-order valence-corrected chi connectivity index (χ4v) is 4.79. The first-order valence-electron chi connectivity index (χ1n) is 12.6. The maximum atomic E-state index is 12.7. The van der Waals surface area contributed by atoms with Crippen LogP contribution in [0.1, 0.15) is 11.4 Å². The van der Waals surface area contributed by atoms with Gasteiger partial charge in [0.2, 0.25) is 5.91 Å². The van der Waals surface area contributed by atoms with Crippen molar-refractivity contribution < 1.29 is 14.3 Å². The molecule has 1 aliphatic heterocycles. The number of para-hydroxylation sites is 2. The minimum atomic E-state index is -0.0541. The number of methoxy groups -OCH3 is 2. The zero-order valence-corrected chi connectivity index (χ0v) is 21.4. The van der Waals surface area contributed by atoms with Crippen molar-refractivity contribution in [1.82, 2.24) is 19.4 Å². The summed E-state index contributed by atoms with van der Waals surface area (Å²) in [6, 6.07) is 24.2. The minimum absolute atomic E-state index is 0.0541. The van der Waals surface area contributed by atoms with Crippen LogP contribution in [0.5, 0.6) is 11.5 Å². The van der Waals surface area contributed by atoms with Gasteiger partial charge in [-0.1, -0.05) is 42.5 Å². The molecule has 1 amide bonds. The zero-order chi connectivity index (χ0) is 25.6. The number of rotatable bonds is 9. The van der Waals surface area contributed by atoms with Gasteiger partial charge in [-0.05, 0) is 29.8 Å². The summed E-state index contributed by atoms with van der Waals surface area (Å²) in [5.41, 5.74) is 4.09. The van der Waals surface area contributed by atoms with Crippen LogP contribution >= 0.6 is 0 Å². The average Bonchev–Trinajstić information content (AvgIpc) is 3.27. The molecular weight excluding hydrogens is 466 g/mol. The molecule has 0 aliphatic carbocycles. The van der Waals surface area contributed by atoms with Crippen molar-refractivity contribution in [2.75, 3.05) is 52.3 Å². The van der Waals surface area contributed by atoms with E-state index in [-0.39, 0.29) is 5.91 Å². The Morgan fingerprint density at radius 2 is 1.59 bits per heavy atom. The number of ether oxygens (including phenoxy) is 2. The fourth-order valence-electron chi connectivity index (χ4n) is 4.79. The number of carbonyl (C=O) groups excluding carboxylic acids is 1. The Balaban J connectivity index is 1.19. The number of imidazole rings is 1. The van der Waals surface area contributed by atoms with E-state index in [9.17, 15) is 4.79 Å². The van der Waals surface area contributed by atoms with Crippen molar-refractivity contribution in [2.45, 2.75) is 13.1 Å². The number of fused-ring (bicyclic) bond motifs is 1. The van der Waals surface area contributed by atoms with E-state index < -0.39 is 0 Å².